The molecule has 1 aromatic rings. The molecule has 0 spiro atoms. The maximum atomic E-state index is 4.27. The molecule has 0 aliphatic carbocycles. The molecule has 2 rings (SSSR count). The van der Waals surface area contributed by atoms with E-state index in [0.717, 1.165) is 44.4 Å². The Morgan fingerprint density at radius 3 is 2.82 bits per heavy atom. The maximum absolute atomic E-state index is 4.27. The Kier molecular flexibility index (Phi) is 5.36. The van der Waals surface area contributed by atoms with Gasteiger partial charge in [-0.2, -0.15) is 0 Å². The molecule has 6 heteroatoms. The first-order valence-electron chi connectivity index (χ1n) is 6.05. The molecule has 1 aliphatic rings. The molecule has 1 N–H and O–H groups in total. The molecule has 5 nitrogen and oxygen atoms in total. The summed E-state index contributed by atoms with van der Waals surface area (Å²) in [4.78, 5) is 2.46. The van der Waals surface area contributed by atoms with Gasteiger partial charge in [-0.3, -0.25) is 4.90 Å². The molecule has 1 saturated heterocycles. The summed E-state index contributed by atoms with van der Waals surface area (Å²) in [5, 5.41) is 11.8. The standard InChI is InChI=1S/C11H21N5.ClH/c1-4-16-10(3)13-14-11(16)8-15-6-5-12-7-9(15)2;/h9,12H,4-8H2,1-3H3;1H/t9-;/m0./s1. The Labute approximate surface area is 109 Å². The van der Waals surface area contributed by atoms with Crippen LogP contribution in [0.1, 0.15) is 25.5 Å². The SMILES string of the molecule is CCn1c(C)nnc1CN1CCNC[C@@H]1C.Cl. The lowest BCUT2D eigenvalue weighted by molar-refractivity contribution is 0.159. The van der Waals surface area contributed by atoms with Crippen LogP contribution in [0.25, 0.3) is 0 Å². The van der Waals surface area contributed by atoms with Gasteiger partial charge in [0.05, 0.1) is 6.54 Å². The first kappa shape index (κ1) is 14.4. The van der Waals surface area contributed by atoms with Crippen LogP contribution in [-0.4, -0.2) is 45.3 Å². The smallest absolute Gasteiger partial charge is 0.147 e. The number of aromatic nitrogens is 3. The molecule has 0 bridgehead atoms. The van der Waals surface area contributed by atoms with Crippen LogP contribution in [0.15, 0.2) is 0 Å². The van der Waals surface area contributed by atoms with E-state index in [2.05, 4.69) is 38.8 Å². The van der Waals surface area contributed by atoms with Crippen LogP contribution in [0.3, 0.4) is 0 Å². The van der Waals surface area contributed by atoms with E-state index >= 15 is 0 Å². The fourth-order valence-electron chi connectivity index (χ4n) is 2.25. The third kappa shape index (κ3) is 3.18. The van der Waals surface area contributed by atoms with Gasteiger partial charge in [-0.25, -0.2) is 0 Å². The molecule has 0 radical (unpaired) electrons. The van der Waals surface area contributed by atoms with Crippen LogP contribution < -0.4 is 5.32 Å². The van der Waals surface area contributed by atoms with Crippen LogP contribution in [0, 0.1) is 6.92 Å². The highest BCUT2D eigenvalue weighted by molar-refractivity contribution is 5.85. The predicted molar refractivity (Wildman–Crippen MR) is 70.4 cm³/mol. The lowest BCUT2D eigenvalue weighted by atomic mass is 10.2. The first-order valence-corrected chi connectivity index (χ1v) is 6.05. The summed E-state index contributed by atoms with van der Waals surface area (Å²) in [5.41, 5.74) is 0. The molecule has 0 aromatic carbocycles. The molecular formula is C11H22ClN5. The second kappa shape index (κ2) is 6.33. The van der Waals surface area contributed by atoms with E-state index < -0.39 is 0 Å². The second-order valence-corrected chi connectivity index (χ2v) is 4.43. The normalized spacial score (nSPS) is 21.2. The van der Waals surface area contributed by atoms with E-state index in [-0.39, 0.29) is 12.4 Å². The minimum atomic E-state index is 0. The Hall–Kier alpha value is -0.650. The van der Waals surface area contributed by atoms with Gasteiger partial charge < -0.3 is 9.88 Å². The van der Waals surface area contributed by atoms with Gasteiger partial charge in [-0.05, 0) is 20.8 Å². The first-order chi connectivity index (χ1) is 7.72. The van der Waals surface area contributed by atoms with Crippen molar-refractivity contribution in [2.24, 2.45) is 0 Å². The summed E-state index contributed by atoms with van der Waals surface area (Å²) < 4.78 is 2.19. The third-order valence-corrected chi connectivity index (χ3v) is 3.31. The van der Waals surface area contributed by atoms with Crippen molar-refractivity contribution >= 4 is 12.4 Å². The van der Waals surface area contributed by atoms with Crippen molar-refractivity contribution in [3.8, 4) is 0 Å². The summed E-state index contributed by atoms with van der Waals surface area (Å²) in [6.45, 7) is 11.5. The number of hydrogen-bond acceptors (Lipinski definition) is 4. The molecular weight excluding hydrogens is 238 g/mol. The molecule has 98 valence electrons. The van der Waals surface area contributed by atoms with Crippen molar-refractivity contribution < 1.29 is 0 Å². The molecule has 1 fully saturated rings. The summed E-state index contributed by atoms with van der Waals surface area (Å²) >= 11 is 0. The molecule has 1 aromatic heterocycles. The Balaban J connectivity index is 0.00000144. The fraction of sp³-hybridized carbons (Fsp3) is 0.818. The predicted octanol–water partition coefficient (Wildman–Crippen LogP) is 0.822. The maximum Gasteiger partial charge on any atom is 0.147 e. The van der Waals surface area contributed by atoms with Gasteiger partial charge in [-0.15, -0.1) is 22.6 Å². The lowest BCUT2D eigenvalue weighted by Crippen LogP contribution is -2.49. The van der Waals surface area contributed by atoms with Gasteiger partial charge in [-0.1, -0.05) is 0 Å². The van der Waals surface area contributed by atoms with E-state index in [1.54, 1.807) is 0 Å². The van der Waals surface area contributed by atoms with Gasteiger partial charge in [0, 0.05) is 32.2 Å². The van der Waals surface area contributed by atoms with Crippen LogP contribution in [0.2, 0.25) is 0 Å². The number of rotatable bonds is 3. The topological polar surface area (TPSA) is 46.0 Å². The van der Waals surface area contributed by atoms with Crippen LogP contribution in [0.5, 0.6) is 0 Å². The quantitative estimate of drug-likeness (QED) is 0.873. The number of hydrogen-bond donors (Lipinski definition) is 1. The summed E-state index contributed by atoms with van der Waals surface area (Å²) in [6.07, 6.45) is 0. The number of aryl methyl sites for hydroxylation is 1. The average Bonchev–Trinajstić information content (AvgIpc) is 2.63. The molecule has 2 heterocycles. The van der Waals surface area contributed by atoms with E-state index in [4.69, 9.17) is 0 Å². The van der Waals surface area contributed by atoms with Crippen LogP contribution in [0.4, 0.5) is 0 Å². The van der Waals surface area contributed by atoms with Crippen molar-refractivity contribution in [1.82, 2.24) is 25.0 Å². The number of piperazine rings is 1. The minimum Gasteiger partial charge on any atom is -0.314 e. The fourth-order valence-corrected chi connectivity index (χ4v) is 2.25. The van der Waals surface area contributed by atoms with Gasteiger partial charge >= 0.3 is 0 Å². The highest BCUT2D eigenvalue weighted by atomic mass is 35.5. The summed E-state index contributed by atoms with van der Waals surface area (Å²) in [6, 6.07) is 0.580. The zero-order valence-electron chi connectivity index (χ0n) is 10.8. The van der Waals surface area contributed by atoms with Crippen molar-refractivity contribution in [3.63, 3.8) is 0 Å². The van der Waals surface area contributed by atoms with Gasteiger partial charge in [0.25, 0.3) is 0 Å². The second-order valence-electron chi connectivity index (χ2n) is 4.43. The van der Waals surface area contributed by atoms with Gasteiger partial charge in [0.2, 0.25) is 0 Å². The zero-order valence-corrected chi connectivity index (χ0v) is 11.6. The van der Waals surface area contributed by atoms with E-state index in [0.29, 0.717) is 6.04 Å². The highest BCUT2D eigenvalue weighted by Crippen LogP contribution is 2.09. The number of nitrogens with one attached hydrogen (secondary N) is 1. The molecule has 0 unspecified atom stereocenters. The van der Waals surface area contributed by atoms with Crippen molar-refractivity contribution in [3.05, 3.63) is 11.6 Å². The Morgan fingerprint density at radius 1 is 1.41 bits per heavy atom. The molecule has 1 aliphatic heterocycles. The summed E-state index contributed by atoms with van der Waals surface area (Å²) in [7, 11) is 0. The van der Waals surface area contributed by atoms with Crippen molar-refractivity contribution in [2.75, 3.05) is 19.6 Å². The molecule has 0 amide bonds. The monoisotopic (exact) mass is 259 g/mol. The number of nitrogens with zero attached hydrogens (tertiary/aromatic N) is 4. The Morgan fingerprint density at radius 2 is 2.18 bits per heavy atom. The van der Waals surface area contributed by atoms with Crippen molar-refractivity contribution in [1.29, 1.82) is 0 Å². The minimum absolute atomic E-state index is 0. The highest BCUT2D eigenvalue weighted by Gasteiger charge is 2.20. The molecule has 0 saturated carbocycles. The van der Waals surface area contributed by atoms with E-state index in [1.165, 1.54) is 0 Å². The largest absolute Gasteiger partial charge is 0.314 e. The average molecular weight is 260 g/mol. The third-order valence-electron chi connectivity index (χ3n) is 3.31. The van der Waals surface area contributed by atoms with Crippen LogP contribution >= 0.6 is 12.4 Å². The zero-order chi connectivity index (χ0) is 11.5. The van der Waals surface area contributed by atoms with E-state index in [9.17, 15) is 0 Å². The van der Waals surface area contributed by atoms with Crippen LogP contribution in [-0.2, 0) is 13.1 Å². The van der Waals surface area contributed by atoms with Gasteiger partial charge in [0.15, 0.2) is 0 Å². The number of halogens is 1. The lowest BCUT2D eigenvalue weighted by Gasteiger charge is -2.33. The van der Waals surface area contributed by atoms with Crippen molar-refractivity contribution in [2.45, 2.75) is 39.9 Å². The van der Waals surface area contributed by atoms with Gasteiger partial charge in [0.1, 0.15) is 11.6 Å². The summed E-state index contributed by atoms with van der Waals surface area (Å²) in [5.74, 6) is 2.11. The van der Waals surface area contributed by atoms with E-state index in [1.807, 2.05) is 6.92 Å². The molecule has 17 heavy (non-hydrogen) atoms. The Bertz CT molecular complexity index is 352. The molecule has 1 atom stereocenters.